The molecule has 0 saturated carbocycles. The van der Waals surface area contributed by atoms with Gasteiger partial charge in [0.2, 0.25) is 0 Å². The standard InChI is InChI=1S/C11H13IN2/c1-3-11(12)6-4-5-10(2)14-8-7-13-9-14/h3-9H,1-2H3/b6-4-,10-5+,11-3+. The third-order valence-electron chi connectivity index (χ3n) is 1.78. The topological polar surface area (TPSA) is 17.8 Å². The summed E-state index contributed by atoms with van der Waals surface area (Å²) in [6, 6.07) is 0. The van der Waals surface area contributed by atoms with E-state index in [-0.39, 0.29) is 0 Å². The number of imidazole rings is 1. The molecule has 0 spiro atoms. The Kier molecular flexibility index (Phi) is 4.65. The summed E-state index contributed by atoms with van der Waals surface area (Å²) < 4.78 is 3.21. The predicted molar refractivity (Wildman–Crippen MR) is 69.1 cm³/mol. The Morgan fingerprint density at radius 1 is 1.50 bits per heavy atom. The van der Waals surface area contributed by atoms with Crippen LogP contribution in [0.1, 0.15) is 13.8 Å². The van der Waals surface area contributed by atoms with E-state index in [0.717, 1.165) is 5.70 Å². The quantitative estimate of drug-likeness (QED) is 0.615. The summed E-state index contributed by atoms with van der Waals surface area (Å²) in [5.74, 6) is 0. The molecule has 0 aliphatic heterocycles. The van der Waals surface area contributed by atoms with Gasteiger partial charge >= 0.3 is 0 Å². The second-order valence-electron chi connectivity index (χ2n) is 2.81. The lowest BCUT2D eigenvalue weighted by molar-refractivity contribution is 1.08. The number of allylic oxidation sites excluding steroid dienone is 6. The molecule has 1 aromatic rings. The van der Waals surface area contributed by atoms with Crippen molar-refractivity contribution in [3.8, 4) is 0 Å². The molecule has 0 radical (unpaired) electrons. The van der Waals surface area contributed by atoms with Crippen LogP contribution in [-0.2, 0) is 0 Å². The highest BCUT2D eigenvalue weighted by Gasteiger charge is 1.88. The minimum Gasteiger partial charge on any atom is -0.310 e. The van der Waals surface area contributed by atoms with Crippen LogP contribution in [0.25, 0.3) is 5.70 Å². The molecule has 0 atom stereocenters. The van der Waals surface area contributed by atoms with Crippen LogP contribution in [-0.4, -0.2) is 9.55 Å². The van der Waals surface area contributed by atoms with Crippen LogP contribution in [0.2, 0.25) is 0 Å². The minimum absolute atomic E-state index is 1.15. The van der Waals surface area contributed by atoms with E-state index in [4.69, 9.17) is 0 Å². The molecule has 14 heavy (non-hydrogen) atoms. The maximum atomic E-state index is 3.99. The Bertz CT molecular complexity index is 359. The van der Waals surface area contributed by atoms with Crippen molar-refractivity contribution < 1.29 is 0 Å². The third kappa shape index (κ3) is 3.49. The average molecular weight is 300 g/mol. The molecular formula is C11H13IN2. The number of hydrogen-bond donors (Lipinski definition) is 0. The number of halogens is 1. The summed E-state index contributed by atoms with van der Waals surface area (Å²) in [5, 5.41) is 0. The first kappa shape index (κ1) is 11.2. The van der Waals surface area contributed by atoms with Gasteiger partial charge in [0.15, 0.2) is 0 Å². The van der Waals surface area contributed by atoms with Crippen LogP contribution >= 0.6 is 22.6 Å². The van der Waals surface area contributed by atoms with E-state index in [1.807, 2.05) is 23.8 Å². The number of nitrogens with zero attached hydrogens (tertiary/aromatic N) is 2. The predicted octanol–water partition coefficient (Wildman–Crippen LogP) is 3.64. The van der Waals surface area contributed by atoms with Gasteiger partial charge < -0.3 is 4.57 Å². The van der Waals surface area contributed by atoms with Crippen molar-refractivity contribution in [3.05, 3.63) is 46.6 Å². The zero-order valence-corrected chi connectivity index (χ0v) is 10.5. The molecule has 0 bridgehead atoms. The van der Waals surface area contributed by atoms with Crippen LogP contribution in [0.3, 0.4) is 0 Å². The number of rotatable bonds is 3. The van der Waals surface area contributed by atoms with Gasteiger partial charge in [0.1, 0.15) is 0 Å². The van der Waals surface area contributed by atoms with E-state index in [0.29, 0.717) is 0 Å². The lowest BCUT2D eigenvalue weighted by Gasteiger charge is -1.98. The number of aromatic nitrogens is 2. The summed E-state index contributed by atoms with van der Waals surface area (Å²) in [6.07, 6.45) is 13.7. The fourth-order valence-corrected chi connectivity index (χ4v) is 1.14. The normalized spacial score (nSPS) is 13.9. The molecule has 0 unspecified atom stereocenters. The zero-order chi connectivity index (χ0) is 10.4. The molecule has 0 aromatic carbocycles. The molecule has 0 N–H and O–H groups in total. The fraction of sp³-hybridized carbons (Fsp3) is 0.182. The van der Waals surface area contributed by atoms with Crippen LogP contribution in [0.4, 0.5) is 0 Å². The van der Waals surface area contributed by atoms with Crippen LogP contribution in [0, 0.1) is 0 Å². The molecule has 0 aliphatic carbocycles. The molecule has 0 fully saturated rings. The Labute approximate surface area is 98.2 Å². The first-order chi connectivity index (χ1) is 6.74. The van der Waals surface area contributed by atoms with E-state index in [1.165, 1.54) is 3.58 Å². The molecule has 0 amide bonds. The number of hydrogen-bond acceptors (Lipinski definition) is 1. The van der Waals surface area contributed by atoms with Gasteiger partial charge in [-0.15, -0.1) is 0 Å². The second kappa shape index (κ2) is 5.80. The van der Waals surface area contributed by atoms with Gasteiger partial charge in [0.25, 0.3) is 0 Å². The minimum atomic E-state index is 1.15. The summed E-state index contributed by atoms with van der Waals surface area (Å²) in [7, 11) is 0. The van der Waals surface area contributed by atoms with Crippen molar-refractivity contribution in [3.63, 3.8) is 0 Å². The van der Waals surface area contributed by atoms with Crippen molar-refractivity contribution >= 4 is 28.3 Å². The molecule has 1 heterocycles. The Hall–Kier alpha value is -0.840. The first-order valence-corrected chi connectivity index (χ1v) is 5.47. The van der Waals surface area contributed by atoms with Crippen molar-refractivity contribution in [1.29, 1.82) is 0 Å². The molecule has 74 valence electrons. The van der Waals surface area contributed by atoms with Gasteiger partial charge in [-0.25, -0.2) is 4.98 Å². The lowest BCUT2D eigenvalue weighted by Crippen LogP contribution is -1.86. The van der Waals surface area contributed by atoms with E-state index in [2.05, 4.69) is 52.7 Å². The first-order valence-electron chi connectivity index (χ1n) is 4.39. The molecular weight excluding hydrogens is 287 g/mol. The molecule has 0 aliphatic rings. The lowest BCUT2D eigenvalue weighted by atomic mass is 10.3. The van der Waals surface area contributed by atoms with Gasteiger partial charge in [0, 0.05) is 21.7 Å². The van der Waals surface area contributed by atoms with Gasteiger partial charge in [-0.05, 0) is 48.6 Å². The Morgan fingerprint density at radius 3 is 2.86 bits per heavy atom. The highest BCUT2D eigenvalue weighted by molar-refractivity contribution is 14.1. The average Bonchev–Trinajstić information content (AvgIpc) is 2.70. The summed E-state index contributed by atoms with van der Waals surface area (Å²) in [5.41, 5.74) is 1.15. The van der Waals surface area contributed by atoms with Crippen molar-refractivity contribution in [2.45, 2.75) is 13.8 Å². The smallest absolute Gasteiger partial charge is 0.0989 e. The largest absolute Gasteiger partial charge is 0.310 e. The van der Waals surface area contributed by atoms with E-state index in [9.17, 15) is 0 Å². The highest BCUT2D eigenvalue weighted by Crippen LogP contribution is 2.08. The van der Waals surface area contributed by atoms with Gasteiger partial charge in [-0.3, -0.25) is 0 Å². The van der Waals surface area contributed by atoms with Crippen LogP contribution in [0.5, 0.6) is 0 Å². The molecule has 2 nitrogen and oxygen atoms in total. The van der Waals surface area contributed by atoms with Gasteiger partial charge in [-0.2, -0.15) is 0 Å². The van der Waals surface area contributed by atoms with E-state index >= 15 is 0 Å². The molecule has 0 saturated heterocycles. The highest BCUT2D eigenvalue weighted by atomic mass is 127. The molecule has 3 heteroatoms. The Balaban J connectivity index is 2.67. The SMILES string of the molecule is C\C=C(I)/C=C\C=C(/C)n1ccnc1. The summed E-state index contributed by atoms with van der Waals surface area (Å²) in [4.78, 5) is 3.99. The maximum absolute atomic E-state index is 3.99. The van der Waals surface area contributed by atoms with Crippen LogP contribution in [0.15, 0.2) is 46.6 Å². The van der Waals surface area contributed by atoms with Gasteiger partial charge in [-0.1, -0.05) is 12.2 Å². The van der Waals surface area contributed by atoms with Crippen molar-refractivity contribution in [2.75, 3.05) is 0 Å². The summed E-state index contributed by atoms with van der Waals surface area (Å²) >= 11 is 2.29. The Morgan fingerprint density at radius 2 is 2.29 bits per heavy atom. The van der Waals surface area contributed by atoms with E-state index in [1.54, 1.807) is 12.5 Å². The third-order valence-corrected chi connectivity index (χ3v) is 2.76. The zero-order valence-electron chi connectivity index (χ0n) is 8.31. The van der Waals surface area contributed by atoms with Crippen molar-refractivity contribution in [2.24, 2.45) is 0 Å². The second-order valence-corrected chi connectivity index (χ2v) is 4.06. The monoisotopic (exact) mass is 300 g/mol. The van der Waals surface area contributed by atoms with E-state index < -0.39 is 0 Å². The maximum Gasteiger partial charge on any atom is 0.0989 e. The molecule has 1 aromatic heterocycles. The van der Waals surface area contributed by atoms with Crippen LogP contribution < -0.4 is 0 Å². The van der Waals surface area contributed by atoms with Crippen molar-refractivity contribution in [1.82, 2.24) is 9.55 Å². The summed E-state index contributed by atoms with van der Waals surface area (Å²) in [6.45, 7) is 4.08. The fourth-order valence-electron chi connectivity index (χ4n) is 0.929. The van der Waals surface area contributed by atoms with Gasteiger partial charge in [0.05, 0.1) is 6.33 Å². The molecule has 1 rings (SSSR count).